The topological polar surface area (TPSA) is 114 Å². The van der Waals surface area contributed by atoms with Gasteiger partial charge in [-0.25, -0.2) is 0 Å². The first-order valence-electron chi connectivity index (χ1n) is 10.8. The van der Waals surface area contributed by atoms with Crippen LogP contribution in [0.1, 0.15) is 64.8 Å². The standard InChI is InChI=1S/C23H30N6O3/c1-5-6-7-8-13-32-18-11-9-17(10-12-18)22(30)26-27-23(31)20-14-19(24-25-20)21-15(2)28-29(4)16(21)3/h9-12,14H,5-8,13H2,1-4H3,(H,24,25)(H,26,30)(H,27,31). The van der Waals surface area contributed by atoms with Crippen LogP contribution in [0.5, 0.6) is 5.75 Å². The molecule has 2 aromatic heterocycles. The lowest BCUT2D eigenvalue weighted by Crippen LogP contribution is -2.41. The molecule has 9 nitrogen and oxygen atoms in total. The van der Waals surface area contributed by atoms with Crippen LogP contribution in [0.15, 0.2) is 30.3 Å². The van der Waals surface area contributed by atoms with Gasteiger partial charge in [0.05, 0.1) is 18.0 Å². The van der Waals surface area contributed by atoms with Gasteiger partial charge in [-0.1, -0.05) is 26.2 Å². The first-order valence-corrected chi connectivity index (χ1v) is 10.8. The van der Waals surface area contributed by atoms with Crippen molar-refractivity contribution in [2.75, 3.05) is 6.61 Å². The van der Waals surface area contributed by atoms with Crippen molar-refractivity contribution in [3.63, 3.8) is 0 Å². The molecule has 3 rings (SSSR count). The number of rotatable bonds is 9. The Morgan fingerprint density at radius 3 is 2.44 bits per heavy atom. The predicted molar refractivity (Wildman–Crippen MR) is 121 cm³/mol. The molecule has 9 heteroatoms. The lowest BCUT2D eigenvalue weighted by molar-refractivity contribution is 0.0844. The molecule has 0 saturated carbocycles. The number of ether oxygens (including phenoxy) is 1. The largest absolute Gasteiger partial charge is 0.494 e. The van der Waals surface area contributed by atoms with Gasteiger partial charge in [0.2, 0.25) is 0 Å². The third kappa shape index (κ3) is 5.54. The first kappa shape index (κ1) is 23.1. The minimum absolute atomic E-state index is 0.231. The molecule has 3 aromatic rings. The summed E-state index contributed by atoms with van der Waals surface area (Å²) >= 11 is 0. The van der Waals surface area contributed by atoms with Crippen LogP contribution in [0, 0.1) is 13.8 Å². The fourth-order valence-electron chi connectivity index (χ4n) is 3.38. The van der Waals surface area contributed by atoms with Crippen LogP contribution in [0.3, 0.4) is 0 Å². The Labute approximate surface area is 187 Å². The Kier molecular flexibility index (Phi) is 7.64. The number of carbonyl (C=O) groups excluding carboxylic acids is 2. The second-order valence-corrected chi connectivity index (χ2v) is 7.68. The summed E-state index contributed by atoms with van der Waals surface area (Å²) in [5, 5.41) is 11.3. The van der Waals surface area contributed by atoms with Gasteiger partial charge in [-0.2, -0.15) is 10.2 Å². The summed E-state index contributed by atoms with van der Waals surface area (Å²) in [6.07, 6.45) is 4.55. The van der Waals surface area contributed by atoms with Crippen LogP contribution < -0.4 is 15.6 Å². The number of carbonyl (C=O) groups is 2. The molecule has 0 aliphatic heterocycles. The number of benzene rings is 1. The second kappa shape index (κ2) is 10.6. The molecule has 0 aliphatic rings. The van der Waals surface area contributed by atoms with Crippen molar-refractivity contribution in [3.8, 4) is 17.0 Å². The maximum atomic E-state index is 12.4. The van der Waals surface area contributed by atoms with E-state index in [1.54, 1.807) is 35.0 Å². The van der Waals surface area contributed by atoms with Gasteiger partial charge in [-0.3, -0.25) is 30.2 Å². The van der Waals surface area contributed by atoms with Gasteiger partial charge in [0.15, 0.2) is 0 Å². The fraction of sp³-hybridized carbons (Fsp3) is 0.391. The third-order valence-corrected chi connectivity index (χ3v) is 5.26. The molecular formula is C23H30N6O3. The molecule has 0 fully saturated rings. The molecule has 0 atom stereocenters. The summed E-state index contributed by atoms with van der Waals surface area (Å²) < 4.78 is 7.45. The number of hydrogen-bond donors (Lipinski definition) is 3. The Bertz CT molecular complexity index is 1070. The average molecular weight is 439 g/mol. The molecule has 0 spiro atoms. The van der Waals surface area contributed by atoms with Crippen LogP contribution in [0.2, 0.25) is 0 Å². The highest BCUT2D eigenvalue weighted by Crippen LogP contribution is 2.25. The van der Waals surface area contributed by atoms with E-state index < -0.39 is 11.8 Å². The zero-order valence-electron chi connectivity index (χ0n) is 19.0. The normalized spacial score (nSPS) is 10.8. The number of nitrogens with one attached hydrogen (secondary N) is 3. The van der Waals surface area contributed by atoms with E-state index in [1.807, 2.05) is 20.9 Å². The van der Waals surface area contributed by atoms with Crippen molar-refractivity contribution < 1.29 is 14.3 Å². The number of aromatic amines is 1. The Morgan fingerprint density at radius 2 is 1.78 bits per heavy atom. The third-order valence-electron chi connectivity index (χ3n) is 5.26. The lowest BCUT2D eigenvalue weighted by atomic mass is 10.1. The van der Waals surface area contributed by atoms with E-state index in [9.17, 15) is 9.59 Å². The number of aryl methyl sites for hydroxylation is 2. The monoisotopic (exact) mass is 438 g/mol. The maximum Gasteiger partial charge on any atom is 0.287 e. The van der Waals surface area contributed by atoms with Gasteiger partial charge in [0, 0.05) is 23.9 Å². The van der Waals surface area contributed by atoms with Crippen molar-refractivity contribution in [2.24, 2.45) is 7.05 Å². The van der Waals surface area contributed by atoms with Crippen LogP contribution in [0.4, 0.5) is 0 Å². The molecule has 1 aromatic carbocycles. The van der Waals surface area contributed by atoms with E-state index in [2.05, 4.69) is 33.1 Å². The number of hydrogen-bond acceptors (Lipinski definition) is 5. The highest BCUT2D eigenvalue weighted by Gasteiger charge is 2.17. The maximum absolute atomic E-state index is 12.4. The van der Waals surface area contributed by atoms with Crippen molar-refractivity contribution >= 4 is 11.8 Å². The molecule has 0 unspecified atom stereocenters. The molecule has 32 heavy (non-hydrogen) atoms. The summed E-state index contributed by atoms with van der Waals surface area (Å²) in [7, 11) is 1.86. The van der Waals surface area contributed by atoms with E-state index in [-0.39, 0.29) is 5.69 Å². The average Bonchev–Trinajstić information content (AvgIpc) is 3.36. The van der Waals surface area contributed by atoms with Crippen LogP contribution in [0.25, 0.3) is 11.3 Å². The van der Waals surface area contributed by atoms with Gasteiger partial charge >= 0.3 is 0 Å². The van der Waals surface area contributed by atoms with Crippen molar-refractivity contribution in [1.29, 1.82) is 0 Å². The summed E-state index contributed by atoms with van der Waals surface area (Å²) in [6.45, 7) is 6.65. The van der Waals surface area contributed by atoms with E-state index in [0.717, 1.165) is 29.8 Å². The Balaban J connectivity index is 1.52. The zero-order chi connectivity index (χ0) is 23.1. The Morgan fingerprint density at radius 1 is 1.06 bits per heavy atom. The SMILES string of the molecule is CCCCCCOc1ccc(C(=O)NNC(=O)c2cc(-c3c(C)nn(C)c3C)n[nH]2)cc1. The number of nitrogens with zero attached hydrogens (tertiary/aromatic N) is 3. The summed E-state index contributed by atoms with van der Waals surface area (Å²) in [5.41, 5.74) is 8.73. The van der Waals surface area contributed by atoms with Gasteiger partial charge in [-0.05, 0) is 50.6 Å². The van der Waals surface area contributed by atoms with Gasteiger partial charge < -0.3 is 4.74 Å². The molecule has 170 valence electrons. The molecular weight excluding hydrogens is 408 g/mol. The molecule has 0 aliphatic carbocycles. The molecule has 0 radical (unpaired) electrons. The van der Waals surface area contributed by atoms with Crippen molar-refractivity contribution in [3.05, 3.63) is 53.0 Å². The number of H-pyrrole nitrogens is 1. The first-order chi connectivity index (χ1) is 15.4. The smallest absolute Gasteiger partial charge is 0.287 e. The van der Waals surface area contributed by atoms with Crippen LogP contribution in [-0.2, 0) is 7.05 Å². The van der Waals surface area contributed by atoms with E-state index in [0.29, 0.717) is 23.6 Å². The number of amides is 2. The molecule has 0 saturated heterocycles. The van der Waals surface area contributed by atoms with E-state index in [1.165, 1.54) is 12.8 Å². The number of aromatic nitrogens is 4. The van der Waals surface area contributed by atoms with Gasteiger partial charge in [-0.15, -0.1) is 0 Å². The van der Waals surface area contributed by atoms with Crippen LogP contribution >= 0.6 is 0 Å². The van der Waals surface area contributed by atoms with Gasteiger partial charge in [0.25, 0.3) is 11.8 Å². The Hall–Kier alpha value is -3.62. The summed E-state index contributed by atoms with van der Waals surface area (Å²) in [4.78, 5) is 24.7. The fourth-order valence-corrected chi connectivity index (χ4v) is 3.38. The second-order valence-electron chi connectivity index (χ2n) is 7.68. The quantitative estimate of drug-likeness (QED) is 0.350. The summed E-state index contributed by atoms with van der Waals surface area (Å²) in [6, 6.07) is 8.44. The van der Waals surface area contributed by atoms with Gasteiger partial charge in [0.1, 0.15) is 11.4 Å². The highest BCUT2D eigenvalue weighted by molar-refractivity contribution is 5.98. The zero-order valence-corrected chi connectivity index (χ0v) is 19.0. The molecule has 0 bridgehead atoms. The van der Waals surface area contributed by atoms with E-state index in [4.69, 9.17) is 4.74 Å². The minimum Gasteiger partial charge on any atom is -0.494 e. The number of hydrazine groups is 1. The predicted octanol–water partition coefficient (Wildman–Crippen LogP) is 3.46. The van der Waals surface area contributed by atoms with E-state index >= 15 is 0 Å². The highest BCUT2D eigenvalue weighted by atomic mass is 16.5. The minimum atomic E-state index is -0.497. The lowest BCUT2D eigenvalue weighted by Gasteiger charge is -2.08. The molecule has 2 heterocycles. The molecule has 2 amide bonds. The van der Waals surface area contributed by atoms with Crippen molar-refractivity contribution in [1.82, 2.24) is 30.8 Å². The van der Waals surface area contributed by atoms with Crippen molar-refractivity contribution in [2.45, 2.75) is 46.5 Å². The number of unbranched alkanes of at least 4 members (excludes halogenated alkanes) is 3. The summed E-state index contributed by atoms with van der Waals surface area (Å²) in [5.74, 6) is -0.206. The molecule has 3 N–H and O–H groups in total. The van der Waals surface area contributed by atoms with Crippen LogP contribution in [-0.4, -0.2) is 38.4 Å².